The van der Waals surface area contributed by atoms with Crippen LogP contribution in [0.5, 0.6) is 5.75 Å². The van der Waals surface area contributed by atoms with Crippen molar-refractivity contribution in [3.05, 3.63) is 29.8 Å². The maximum Gasteiger partial charge on any atom is 0.410 e. The molecule has 0 spiro atoms. The highest BCUT2D eigenvalue weighted by Crippen LogP contribution is 2.27. The molecule has 0 radical (unpaired) electrons. The van der Waals surface area contributed by atoms with Gasteiger partial charge in [-0.2, -0.15) is 0 Å². The number of likely N-dealkylation sites (tertiary alicyclic amines) is 1. The number of ether oxygens (including phenoxy) is 2. The van der Waals surface area contributed by atoms with Crippen LogP contribution in [-0.4, -0.2) is 48.1 Å². The van der Waals surface area contributed by atoms with Crippen molar-refractivity contribution in [3.63, 3.8) is 0 Å². The molecule has 0 bridgehead atoms. The summed E-state index contributed by atoms with van der Waals surface area (Å²) >= 11 is 0. The fraction of sp³-hybridized carbons (Fsp3) is 0.591. The van der Waals surface area contributed by atoms with Crippen molar-refractivity contribution < 1.29 is 23.9 Å². The molecule has 1 aromatic carbocycles. The van der Waals surface area contributed by atoms with Crippen molar-refractivity contribution in [3.8, 4) is 5.75 Å². The second kappa shape index (κ2) is 8.84. The molecule has 2 aliphatic heterocycles. The van der Waals surface area contributed by atoms with E-state index in [1.54, 1.807) is 4.90 Å². The highest BCUT2D eigenvalue weighted by Gasteiger charge is 2.28. The molecule has 1 atom stereocenters. The van der Waals surface area contributed by atoms with Crippen LogP contribution in [0.2, 0.25) is 0 Å². The van der Waals surface area contributed by atoms with Gasteiger partial charge in [-0.05, 0) is 63.6 Å². The zero-order valence-electron chi connectivity index (χ0n) is 17.4. The van der Waals surface area contributed by atoms with Gasteiger partial charge < -0.3 is 14.4 Å². The predicted octanol–water partition coefficient (Wildman–Crippen LogP) is 3.23. The Hall–Kier alpha value is -2.57. The van der Waals surface area contributed by atoms with E-state index in [0.29, 0.717) is 38.5 Å². The number of carbonyl (C=O) groups excluding carboxylic acids is 3. The average Bonchev–Trinajstić information content (AvgIpc) is 2.66. The van der Waals surface area contributed by atoms with Gasteiger partial charge in [0.2, 0.25) is 11.8 Å². The Labute approximate surface area is 171 Å². The molecule has 0 aliphatic carbocycles. The Balaban J connectivity index is 1.44. The molecule has 2 saturated heterocycles. The number of nitrogens with one attached hydrogen (secondary N) is 1. The molecule has 7 nitrogen and oxygen atoms in total. The maximum absolute atomic E-state index is 12.1. The van der Waals surface area contributed by atoms with Gasteiger partial charge in [0.25, 0.3) is 0 Å². The number of imide groups is 1. The smallest absolute Gasteiger partial charge is 0.410 e. The second-order valence-electron chi connectivity index (χ2n) is 8.79. The molecular formula is C22H30N2O5. The molecule has 0 saturated carbocycles. The van der Waals surface area contributed by atoms with Gasteiger partial charge in [0, 0.05) is 19.5 Å². The van der Waals surface area contributed by atoms with E-state index in [0.717, 1.165) is 24.2 Å². The summed E-state index contributed by atoms with van der Waals surface area (Å²) in [5.74, 6) is 0.439. The van der Waals surface area contributed by atoms with Crippen LogP contribution in [0.15, 0.2) is 24.3 Å². The molecule has 158 valence electrons. The molecule has 2 heterocycles. The van der Waals surface area contributed by atoms with Gasteiger partial charge in [-0.25, -0.2) is 4.79 Å². The maximum atomic E-state index is 12.1. The minimum Gasteiger partial charge on any atom is -0.493 e. The van der Waals surface area contributed by atoms with Gasteiger partial charge in [-0.3, -0.25) is 14.9 Å². The minimum atomic E-state index is -0.475. The Bertz CT molecular complexity index is 745. The largest absolute Gasteiger partial charge is 0.493 e. The molecule has 29 heavy (non-hydrogen) atoms. The number of rotatable bonds is 4. The van der Waals surface area contributed by atoms with Crippen LogP contribution < -0.4 is 10.1 Å². The fourth-order valence-corrected chi connectivity index (χ4v) is 3.63. The number of carbonyl (C=O) groups is 3. The van der Waals surface area contributed by atoms with Gasteiger partial charge in [0.15, 0.2) is 0 Å². The summed E-state index contributed by atoms with van der Waals surface area (Å²) in [6, 6.07) is 7.52. The number of benzene rings is 1. The first-order valence-electron chi connectivity index (χ1n) is 10.3. The summed E-state index contributed by atoms with van der Waals surface area (Å²) in [5.41, 5.74) is 0.421. The average molecular weight is 402 g/mol. The van der Waals surface area contributed by atoms with Crippen LogP contribution >= 0.6 is 0 Å². The Morgan fingerprint density at radius 3 is 2.34 bits per heavy atom. The third kappa shape index (κ3) is 5.95. The van der Waals surface area contributed by atoms with E-state index in [4.69, 9.17) is 9.47 Å². The Morgan fingerprint density at radius 2 is 1.76 bits per heavy atom. The SMILES string of the molecule is CC(C)(C)OC(=O)N1CCC(COc2ccc(C3CCC(=O)NC3=O)cc2)CC1. The first-order valence-corrected chi connectivity index (χ1v) is 10.3. The Morgan fingerprint density at radius 1 is 1.10 bits per heavy atom. The number of hydrogen-bond acceptors (Lipinski definition) is 5. The first kappa shape index (κ1) is 21.1. The topological polar surface area (TPSA) is 84.9 Å². The van der Waals surface area contributed by atoms with E-state index in [9.17, 15) is 14.4 Å². The number of amides is 3. The van der Waals surface area contributed by atoms with Gasteiger partial charge >= 0.3 is 6.09 Å². The molecule has 2 fully saturated rings. The third-order valence-corrected chi connectivity index (χ3v) is 5.27. The molecule has 3 rings (SSSR count). The van der Waals surface area contributed by atoms with Crippen molar-refractivity contribution >= 4 is 17.9 Å². The molecule has 2 aliphatic rings. The number of hydrogen-bond donors (Lipinski definition) is 1. The molecule has 1 N–H and O–H groups in total. The highest BCUT2D eigenvalue weighted by molar-refractivity contribution is 6.00. The molecule has 0 aromatic heterocycles. The van der Waals surface area contributed by atoms with E-state index < -0.39 is 5.60 Å². The summed E-state index contributed by atoms with van der Waals surface area (Å²) in [7, 11) is 0. The standard InChI is InChI=1S/C22H30N2O5/c1-22(2,3)29-21(27)24-12-10-15(11-13-24)14-28-17-6-4-16(5-7-17)18-8-9-19(25)23-20(18)26/h4-7,15,18H,8-14H2,1-3H3,(H,23,25,26). The van der Waals surface area contributed by atoms with E-state index in [2.05, 4.69) is 5.32 Å². The lowest BCUT2D eigenvalue weighted by Gasteiger charge is -2.33. The van der Waals surface area contributed by atoms with Crippen LogP contribution in [0.3, 0.4) is 0 Å². The highest BCUT2D eigenvalue weighted by atomic mass is 16.6. The van der Waals surface area contributed by atoms with Crippen molar-refractivity contribution in [2.75, 3.05) is 19.7 Å². The van der Waals surface area contributed by atoms with Crippen molar-refractivity contribution in [1.29, 1.82) is 0 Å². The van der Waals surface area contributed by atoms with Crippen LogP contribution in [0.4, 0.5) is 4.79 Å². The second-order valence-corrected chi connectivity index (χ2v) is 8.79. The summed E-state index contributed by atoms with van der Waals surface area (Å²) in [6.07, 6.45) is 2.43. The summed E-state index contributed by atoms with van der Waals surface area (Å²) < 4.78 is 11.3. The van der Waals surface area contributed by atoms with Crippen molar-refractivity contribution in [1.82, 2.24) is 10.2 Å². The van der Waals surface area contributed by atoms with Crippen LogP contribution in [0.1, 0.15) is 57.9 Å². The Kier molecular flexibility index (Phi) is 6.45. The lowest BCUT2D eigenvalue weighted by Crippen LogP contribution is -2.42. The predicted molar refractivity (Wildman–Crippen MR) is 108 cm³/mol. The van der Waals surface area contributed by atoms with E-state index in [-0.39, 0.29) is 23.8 Å². The summed E-state index contributed by atoms with van der Waals surface area (Å²) in [6.45, 7) is 7.57. The third-order valence-electron chi connectivity index (χ3n) is 5.27. The molecule has 1 unspecified atom stereocenters. The van der Waals surface area contributed by atoms with Crippen LogP contribution in [0.25, 0.3) is 0 Å². The van der Waals surface area contributed by atoms with Gasteiger partial charge in [-0.1, -0.05) is 12.1 Å². The molecule has 7 heteroatoms. The fourth-order valence-electron chi connectivity index (χ4n) is 3.63. The normalized spacial score (nSPS) is 20.9. The van der Waals surface area contributed by atoms with Gasteiger partial charge in [-0.15, -0.1) is 0 Å². The van der Waals surface area contributed by atoms with E-state index in [1.165, 1.54) is 0 Å². The lowest BCUT2D eigenvalue weighted by atomic mass is 9.90. The minimum absolute atomic E-state index is 0.205. The zero-order valence-corrected chi connectivity index (χ0v) is 17.4. The summed E-state index contributed by atoms with van der Waals surface area (Å²) in [4.78, 5) is 37.1. The summed E-state index contributed by atoms with van der Waals surface area (Å²) in [5, 5.41) is 2.39. The van der Waals surface area contributed by atoms with Crippen LogP contribution in [0, 0.1) is 5.92 Å². The van der Waals surface area contributed by atoms with E-state index >= 15 is 0 Å². The quantitative estimate of drug-likeness (QED) is 0.782. The van der Waals surface area contributed by atoms with E-state index in [1.807, 2.05) is 45.0 Å². The van der Waals surface area contributed by atoms with Gasteiger partial charge in [0.05, 0.1) is 12.5 Å². The number of piperidine rings is 2. The zero-order chi connectivity index (χ0) is 21.0. The van der Waals surface area contributed by atoms with Crippen LogP contribution in [-0.2, 0) is 14.3 Å². The van der Waals surface area contributed by atoms with Crippen molar-refractivity contribution in [2.45, 2.75) is 58.0 Å². The first-order chi connectivity index (χ1) is 13.7. The molecule has 3 amide bonds. The monoisotopic (exact) mass is 402 g/mol. The molecule has 1 aromatic rings. The van der Waals surface area contributed by atoms with Gasteiger partial charge in [0.1, 0.15) is 11.4 Å². The number of nitrogens with zero attached hydrogens (tertiary/aromatic N) is 1. The van der Waals surface area contributed by atoms with Crippen molar-refractivity contribution in [2.24, 2.45) is 5.92 Å². The lowest BCUT2D eigenvalue weighted by molar-refractivity contribution is -0.134. The molecular weight excluding hydrogens is 372 g/mol.